The van der Waals surface area contributed by atoms with E-state index in [9.17, 15) is 4.79 Å². The first-order chi connectivity index (χ1) is 10.7. The number of hydrogen-bond donors (Lipinski definition) is 0. The molecule has 0 spiro atoms. The molecule has 1 heterocycles. The van der Waals surface area contributed by atoms with Crippen LogP contribution in [0.25, 0.3) is 10.2 Å². The second-order valence-electron chi connectivity index (χ2n) is 4.75. The standard InChI is InChI=1S/C17H16N2OS2/c1-3-19-14-9-4-5-10-15(14)22-17(19)18-16(20)12-7-6-8-13(11-12)21-2/h4-11H,3H2,1-2H3. The lowest BCUT2D eigenvalue weighted by Crippen LogP contribution is -2.15. The van der Waals surface area contributed by atoms with Gasteiger partial charge >= 0.3 is 0 Å². The summed E-state index contributed by atoms with van der Waals surface area (Å²) in [5, 5.41) is 0. The molecule has 3 aromatic rings. The van der Waals surface area contributed by atoms with Gasteiger partial charge in [-0.3, -0.25) is 4.79 Å². The highest BCUT2D eigenvalue weighted by atomic mass is 32.2. The second-order valence-corrected chi connectivity index (χ2v) is 6.63. The molecule has 0 saturated carbocycles. The van der Waals surface area contributed by atoms with E-state index in [4.69, 9.17) is 0 Å². The zero-order valence-electron chi connectivity index (χ0n) is 12.4. The van der Waals surface area contributed by atoms with Crippen molar-refractivity contribution in [2.75, 3.05) is 6.26 Å². The molecule has 0 unspecified atom stereocenters. The SMILES string of the molecule is CCn1c(=NC(=O)c2cccc(SC)c2)sc2ccccc21. The van der Waals surface area contributed by atoms with E-state index in [-0.39, 0.29) is 5.91 Å². The molecule has 0 aliphatic carbocycles. The van der Waals surface area contributed by atoms with Crippen molar-refractivity contribution in [3.63, 3.8) is 0 Å². The lowest BCUT2D eigenvalue weighted by atomic mass is 10.2. The van der Waals surface area contributed by atoms with Gasteiger partial charge < -0.3 is 4.57 Å². The van der Waals surface area contributed by atoms with Gasteiger partial charge in [0.25, 0.3) is 5.91 Å². The van der Waals surface area contributed by atoms with Gasteiger partial charge in [0.05, 0.1) is 10.2 Å². The molecule has 2 aromatic carbocycles. The van der Waals surface area contributed by atoms with Crippen molar-refractivity contribution in [2.24, 2.45) is 4.99 Å². The molecular formula is C17H16N2OS2. The highest BCUT2D eigenvalue weighted by molar-refractivity contribution is 7.98. The monoisotopic (exact) mass is 328 g/mol. The number of nitrogens with zero attached hydrogens (tertiary/aromatic N) is 2. The molecule has 0 aliphatic rings. The predicted octanol–water partition coefficient (Wildman–Crippen LogP) is 4.19. The van der Waals surface area contributed by atoms with Crippen LogP contribution < -0.4 is 4.80 Å². The zero-order chi connectivity index (χ0) is 15.5. The van der Waals surface area contributed by atoms with Crippen LogP contribution in [-0.4, -0.2) is 16.7 Å². The maximum atomic E-state index is 12.4. The van der Waals surface area contributed by atoms with Gasteiger partial charge in [-0.25, -0.2) is 0 Å². The van der Waals surface area contributed by atoms with Crippen molar-refractivity contribution >= 4 is 39.2 Å². The second kappa shape index (κ2) is 6.50. The minimum atomic E-state index is -0.190. The van der Waals surface area contributed by atoms with Gasteiger partial charge in [-0.1, -0.05) is 29.5 Å². The van der Waals surface area contributed by atoms with Gasteiger partial charge in [0, 0.05) is 17.0 Å². The lowest BCUT2D eigenvalue weighted by Gasteiger charge is -2.00. The number of carbonyl (C=O) groups is 1. The van der Waals surface area contributed by atoms with Crippen molar-refractivity contribution in [2.45, 2.75) is 18.4 Å². The van der Waals surface area contributed by atoms with E-state index in [1.54, 1.807) is 23.1 Å². The fourth-order valence-electron chi connectivity index (χ4n) is 2.32. The van der Waals surface area contributed by atoms with Gasteiger partial charge in [0.1, 0.15) is 0 Å². The first-order valence-electron chi connectivity index (χ1n) is 7.04. The Morgan fingerprint density at radius 2 is 2.05 bits per heavy atom. The molecule has 5 heteroatoms. The number of aromatic nitrogens is 1. The third-order valence-electron chi connectivity index (χ3n) is 3.42. The summed E-state index contributed by atoms with van der Waals surface area (Å²) in [6, 6.07) is 15.7. The molecule has 0 N–H and O–H groups in total. The number of rotatable bonds is 3. The van der Waals surface area contributed by atoms with E-state index in [0.717, 1.165) is 26.5 Å². The van der Waals surface area contributed by atoms with Crippen LogP contribution in [0.1, 0.15) is 17.3 Å². The van der Waals surface area contributed by atoms with Gasteiger partial charge in [0.2, 0.25) is 0 Å². The number of carbonyl (C=O) groups excluding carboxylic acids is 1. The highest BCUT2D eigenvalue weighted by Crippen LogP contribution is 2.18. The summed E-state index contributed by atoms with van der Waals surface area (Å²) in [5.41, 5.74) is 1.76. The van der Waals surface area contributed by atoms with Gasteiger partial charge in [-0.2, -0.15) is 4.99 Å². The number of thioether (sulfide) groups is 1. The quantitative estimate of drug-likeness (QED) is 0.676. The van der Waals surface area contributed by atoms with Gasteiger partial charge in [-0.15, -0.1) is 11.8 Å². The van der Waals surface area contributed by atoms with Crippen LogP contribution in [0.2, 0.25) is 0 Å². The summed E-state index contributed by atoms with van der Waals surface area (Å²) in [4.78, 5) is 18.6. The van der Waals surface area contributed by atoms with Crippen molar-refractivity contribution in [3.05, 3.63) is 58.9 Å². The molecule has 0 fully saturated rings. The number of thiazole rings is 1. The Bertz CT molecular complexity index is 893. The first kappa shape index (κ1) is 15.1. The normalized spacial score (nSPS) is 12.0. The number of fused-ring (bicyclic) bond motifs is 1. The molecule has 0 saturated heterocycles. The molecule has 0 bridgehead atoms. The lowest BCUT2D eigenvalue weighted by molar-refractivity contribution is 0.0997. The number of benzene rings is 2. The largest absolute Gasteiger partial charge is 0.317 e. The number of aryl methyl sites for hydroxylation is 1. The maximum absolute atomic E-state index is 12.4. The molecule has 0 aliphatic heterocycles. The first-order valence-corrected chi connectivity index (χ1v) is 9.08. The van der Waals surface area contributed by atoms with Crippen LogP contribution in [-0.2, 0) is 6.54 Å². The Balaban J connectivity index is 2.09. The van der Waals surface area contributed by atoms with E-state index in [1.807, 2.05) is 42.7 Å². The van der Waals surface area contributed by atoms with Gasteiger partial charge in [0.15, 0.2) is 4.80 Å². The molecule has 3 nitrogen and oxygen atoms in total. The Morgan fingerprint density at radius 3 is 2.82 bits per heavy atom. The molecule has 3 rings (SSSR count). The summed E-state index contributed by atoms with van der Waals surface area (Å²) in [6.45, 7) is 2.86. The average molecular weight is 328 g/mol. The van der Waals surface area contributed by atoms with Crippen LogP contribution in [0.5, 0.6) is 0 Å². The Kier molecular flexibility index (Phi) is 4.45. The summed E-state index contributed by atoms with van der Waals surface area (Å²) in [7, 11) is 0. The van der Waals surface area contributed by atoms with E-state index in [2.05, 4.69) is 28.6 Å². The van der Waals surface area contributed by atoms with Crippen LogP contribution >= 0.6 is 23.1 Å². The van der Waals surface area contributed by atoms with E-state index >= 15 is 0 Å². The smallest absolute Gasteiger partial charge is 0.279 e. The van der Waals surface area contributed by atoms with Crippen molar-refractivity contribution in [3.8, 4) is 0 Å². The fourth-order valence-corrected chi connectivity index (χ4v) is 3.87. The highest BCUT2D eigenvalue weighted by Gasteiger charge is 2.08. The molecular weight excluding hydrogens is 312 g/mol. The van der Waals surface area contributed by atoms with Crippen LogP contribution in [0.15, 0.2) is 58.4 Å². The van der Waals surface area contributed by atoms with Crippen molar-refractivity contribution in [1.29, 1.82) is 0 Å². The topological polar surface area (TPSA) is 34.4 Å². The molecule has 1 aromatic heterocycles. The third-order valence-corrected chi connectivity index (χ3v) is 5.20. The zero-order valence-corrected chi connectivity index (χ0v) is 14.1. The fraction of sp³-hybridized carbons (Fsp3) is 0.176. The Labute approximate surface area is 137 Å². The van der Waals surface area contributed by atoms with Crippen molar-refractivity contribution < 1.29 is 4.79 Å². The molecule has 22 heavy (non-hydrogen) atoms. The van der Waals surface area contributed by atoms with Crippen molar-refractivity contribution in [1.82, 2.24) is 4.57 Å². The van der Waals surface area contributed by atoms with Crippen LogP contribution in [0.3, 0.4) is 0 Å². The number of para-hydroxylation sites is 1. The van der Waals surface area contributed by atoms with E-state index in [0.29, 0.717) is 5.56 Å². The predicted molar refractivity (Wildman–Crippen MR) is 93.6 cm³/mol. The maximum Gasteiger partial charge on any atom is 0.279 e. The minimum Gasteiger partial charge on any atom is -0.317 e. The minimum absolute atomic E-state index is 0.190. The summed E-state index contributed by atoms with van der Waals surface area (Å²) < 4.78 is 3.23. The molecule has 0 radical (unpaired) electrons. The Hall–Kier alpha value is -1.85. The molecule has 1 amide bonds. The average Bonchev–Trinajstić information content (AvgIpc) is 2.91. The molecule has 0 atom stereocenters. The van der Waals surface area contributed by atoms with Crippen LogP contribution in [0, 0.1) is 0 Å². The van der Waals surface area contributed by atoms with Crippen LogP contribution in [0.4, 0.5) is 0 Å². The summed E-state index contributed by atoms with van der Waals surface area (Å²) >= 11 is 3.17. The summed E-state index contributed by atoms with van der Waals surface area (Å²) in [5.74, 6) is -0.190. The number of hydrogen-bond acceptors (Lipinski definition) is 3. The molecule has 112 valence electrons. The summed E-state index contributed by atoms with van der Waals surface area (Å²) in [6.07, 6.45) is 2.00. The van der Waals surface area contributed by atoms with Gasteiger partial charge in [-0.05, 0) is 43.5 Å². The number of amides is 1. The van der Waals surface area contributed by atoms with E-state index < -0.39 is 0 Å². The van der Waals surface area contributed by atoms with E-state index in [1.165, 1.54) is 0 Å². The Morgan fingerprint density at radius 1 is 1.23 bits per heavy atom. The third kappa shape index (κ3) is 2.87.